The average molecular weight is 429 g/mol. The van der Waals surface area contributed by atoms with Crippen molar-refractivity contribution in [3.8, 4) is 23.0 Å². The third-order valence-corrected chi connectivity index (χ3v) is 5.63. The van der Waals surface area contributed by atoms with Gasteiger partial charge in [0.1, 0.15) is 23.0 Å². The smallest absolute Gasteiger partial charge is 0.127 e. The highest BCUT2D eigenvalue weighted by atomic mass is 16.5. The van der Waals surface area contributed by atoms with Crippen LogP contribution in [0.15, 0.2) is 122 Å². The first kappa shape index (κ1) is 20.6. The summed E-state index contributed by atoms with van der Waals surface area (Å²) < 4.78 is 12.0. The van der Waals surface area contributed by atoms with Crippen LogP contribution in [0.5, 0.6) is 23.0 Å². The number of hydrogen-bond donors (Lipinski definition) is 0. The van der Waals surface area contributed by atoms with Crippen molar-refractivity contribution in [1.29, 1.82) is 0 Å². The van der Waals surface area contributed by atoms with Crippen molar-refractivity contribution in [2.24, 2.45) is 0 Å². The first-order chi connectivity index (χ1) is 16.3. The summed E-state index contributed by atoms with van der Waals surface area (Å²) in [7, 11) is 0. The van der Waals surface area contributed by atoms with E-state index >= 15 is 0 Å². The van der Waals surface area contributed by atoms with Crippen LogP contribution in [0.1, 0.15) is 16.7 Å². The molecular weight excluding hydrogens is 404 g/mol. The molecule has 0 radical (unpaired) electrons. The second-order valence-electron chi connectivity index (χ2n) is 7.87. The summed E-state index contributed by atoms with van der Waals surface area (Å²) in [6.07, 6.45) is 2.71. The fourth-order valence-electron chi connectivity index (χ4n) is 3.99. The minimum absolute atomic E-state index is 0.762. The van der Waals surface area contributed by atoms with Crippen LogP contribution in [0.4, 0.5) is 0 Å². The monoisotopic (exact) mass is 428 g/mol. The number of ether oxygens (including phenoxy) is 2. The highest BCUT2D eigenvalue weighted by Crippen LogP contribution is 2.30. The molecule has 0 N–H and O–H groups in total. The molecule has 0 saturated carbocycles. The summed E-state index contributed by atoms with van der Waals surface area (Å²) in [6, 6.07) is 38.5. The average Bonchev–Trinajstić information content (AvgIpc) is 2.86. The molecule has 0 aliphatic carbocycles. The quantitative estimate of drug-likeness (QED) is 0.258. The Hall–Kier alpha value is -4.30. The Morgan fingerprint density at radius 1 is 0.545 bits per heavy atom. The van der Waals surface area contributed by atoms with Crippen LogP contribution < -0.4 is 9.47 Å². The third-order valence-electron chi connectivity index (χ3n) is 5.63. The lowest BCUT2D eigenvalue weighted by atomic mass is 9.95. The predicted molar refractivity (Wildman–Crippen MR) is 136 cm³/mol. The molecule has 2 nitrogen and oxygen atoms in total. The van der Waals surface area contributed by atoms with Crippen LogP contribution in [0.3, 0.4) is 0 Å². The Morgan fingerprint density at radius 2 is 1.15 bits per heavy atom. The fraction of sp³-hybridized carbons (Fsp3) is 0.0323. The summed E-state index contributed by atoms with van der Waals surface area (Å²) in [6.45, 7) is 4.00. The second-order valence-corrected chi connectivity index (χ2v) is 7.87. The maximum absolute atomic E-state index is 6.16. The molecule has 0 atom stereocenters. The van der Waals surface area contributed by atoms with Gasteiger partial charge in [-0.05, 0) is 82.4 Å². The zero-order valence-electron chi connectivity index (χ0n) is 18.3. The summed E-state index contributed by atoms with van der Waals surface area (Å²) in [5.41, 5.74) is 3.58. The maximum atomic E-state index is 6.16. The number of fused-ring (bicyclic) bond motifs is 1. The number of rotatable bonds is 7. The van der Waals surface area contributed by atoms with Crippen molar-refractivity contribution in [3.05, 3.63) is 139 Å². The van der Waals surface area contributed by atoms with Crippen LogP contribution in [0.25, 0.3) is 16.8 Å². The normalized spacial score (nSPS) is 10.7. The standard InChI is InChI=1S/C31H24O2/c1-2-23-15-16-30(22-26(23)21-25-11-8-10-24-9-6-7-14-31(24)25)33-29-19-17-28(18-20-29)32-27-12-4-3-5-13-27/h2-20,22H,1,21H2. The van der Waals surface area contributed by atoms with Gasteiger partial charge >= 0.3 is 0 Å². The third kappa shape index (κ3) is 4.81. The molecule has 0 saturated heterocycles. The van der Waals surface area contributed by atoms with Crippen LogP contribution in [0, 0.1) is 0 Å². The molecule has 0 aliphatic rings. The first-order valence-corrected chi connectivity index (χ1v) is 11.0. The van der Waals surface area contributed by atoms with Gasteiger partial charge in [0.05, 0.1) is 0 Å². The van der Waals surface area contributed by atoms with Crippen LogP contribution in [0.2, 0.25) is 0 Å². The van der Waals surface area contributed by atoms with Crippen molar-refractivity contribution >= 4 is 16.8 Å². The van der Waals surface area contributed by atoms with E-state index in [2.05, 4.69) is 61.2 Å². The highest BCUT2D eigenvalue weighted by Gasteiger charge is 2.08. The zero-order valence-corrected chi connectivity index (χ0v) is 18.3. The molecule has 0 aliphatic heterocycles. The second kappa shape index (κ2) is 9.46. The Labute approximate surface area is 194 Å². The van der Waals surface area contributed by atoms with Crippen molar-refractivity contribution in [1.82, 2.24) is 0 Å². The molecule has 0 spiro atoms. The van der Waals surface area contributed by atoms with Gasteiger partial charge in [-0.3, -0.25) is 0 Å². The topological polar surface area (TPSA) is 18.5 Å². The Bertz CT molecular complexity index is 1380. The SMILES string of the molecule is C=Cc1ccc(Oc2ccc(Oc3ccccc3)cc2)cc1Cc1cccc2ccccc12. The molecule has 0 bridgehead atoms. The molecule has 5 aromatic rings. The molecule has 0 aromatic heterocycles. The van der Waals surface area contributed by atoms with Crippen molar-refractivity contribution in [3.63, 3.8) is 0 Å². The highest BCUT2D eigenvalue weighted by molar-refractivity contribution is 5.86. The van der Waals surface area contributed by atoms with Gasteiger partial charge in [-0.15, -0.1) is 0 Å². The van der Waals surface area contributed by atoms with E-state index in [-0.39, 0.29) is 0 Å². The molecule has 33 heavy (non-hydrogen) atoms. The van der Waals surface area contributed by atoms with E-state index in [1.54, 1.807) is 0 Å². The van der Waals surface area contributed by atoms with Crippen LogP contribution >= 0.6 is 0 Å². The van der Waals surface area contributed by atoms with E-state index in [9.17, 15) is 0 Å². The van der Waals surface area contributed by atoms with Gasteiger partial charge in [-0.1, -0.05) is 79.4 Å². The number of benzene rings is 5. The fourth-order valence-corrected chi connectivity index (χ4v) is 3.99. The summed E-state index contributed by atoms with van der Waals surface area (Å²) >= 11 is 0. The number of hydrogen-bond acceptors (Lipinski definition) is 2. The minimum atomic E-state index is 0.762. The Morgan fingerprint density at radius 3 is 1.91 bits per heavy atom. The Balaban J connectivity index is 1.36. The van der Waals surface area contributed by atoms with E-state index < -0.39 is 0 Å². The first-order valence-electron chi connectivity index (χ1n) is 11.0. The van der Waals surface area contributed by atoms with Gasteiger partial charge in [0.2, 0.25) is 0 Å². The molecule has 0 unspecified atom stereocenters. The predicted octanol–water partition coefficient (Wildman–Crippen LogP) is 8.66. The maximum Gasteiger partial charge on any atom is 0.127 e. The summed E-state index contributed by atoms with van der Waals surface area (Å²) in [5, 5.41) is 2.52. The van der Waals surface area contributed by atoms with Crippen molar-refractivity contribution < 1.29 is 9.47 Å². The van der Waals surface area contributed by atoms with E-state index in [1.165, 1.54) is 21.9 Å². The largest absolute Gasteiger partial charge is 0.457 e. The van der Waals surface area contributed by atoms with Gasteiger partial charge < -0.3 is 9.47 Å². The Kier molecular flexibility index (Phi) is 5.90. The van der Waals surface area contributed by atoms with Crippen molar-refractivity contribution in [2.75, 3.05) is 0 Å². The molecule has 0 heterocycles. The summed E-state index contributed by atoms with van der Waals surface area (Å²) in [5.74, 6) is 3.14. The van der Waals surface area contributed by atoms with Gasteiger partial charge in [0, 0.05) is 0 Å². The number of para-hydroxylation sites is 1. The van der Waals surface area contributed by atoms with Gasteiger partial charge in [-0.25, -0.2) is 0 Å². The van der Waals surface area contributed by atoms with Gasteiger partial charge in [0.25, 0.3) is 0 Å². The molecular formula is C31H24O2. The molecule has 2 heteroatoms. The zero-order chi connectivity index (χ0) is 22.5. The van der Waals surface area contributed by atoms with Crippen LogP contribution in [-0.2, 0) is 6.42 Å². The molecule has 0 fully saturated rings. The lowest BCUT2D eigenvalue weighted by molar-refractivity contribution is 0.469. The van der Waals surface area contributed by atoms with Crippen molar-refractivity contribution in [2.45, 2.75) is 6.42 Å². The lowest BCUT2D eigenvalue weighted by Gasteiger charge is -2.13. The molecule has 5 rings (SSSR count). The lowest BCUT2D eigenvalue weighted by Crippen LogP contribution is -1.95. The van der Waals surface area contributed by atoms with Gasteiger partial charge in [0.15, 0.2) is 0 Å². The minimum Gasteiger partial charge on any atom is -0.457 e. The van der Waals surface area contributed by atoms with Crippen LogP contribution in [-0.4, -0.2) is 0 Å². The van der Waals surface area contributed by atoms with E-state index in [4.69, 9.17) is 9.47 Å². The van der Waals surface area contributed by atoms with E-state index in [1.807, 2.05) is 66.7 Å². The molecule has 0 amide bonds. The van der Waals surface area contributed by atoms with E-state index in [0.29, 0.717) is 0 Å². The van der Waals surface area contributed by atoms with Gasteiger partial charge in [-0.2, -0.15) is 0 Å². The molecule has 160 valence electrons. The van der Waals surface area contributed by atoms with E-state index in [0.717, 1.165) is 35.0 Å². The molecule has 5 aromatic carbocycles. The summed E-state index contributed by atoms with van der Waals surface area (Å²) in [4.78, 5) is 0.